The van der Waals surface area contributed by atoms with Crippen LogP contribution in [0.15, 0.2) is 91.3 Å². The highest BCUT2D eigenvalue weighted by Gasteiger charge is 2.13. The fraction of sp³-hybridized carbons (Fsp3) is 0.0741. The molecule has 5 aromatic rings. The molecule has 0 unspecified atom stereocenters. The molecule has 0 saturated heterocycles. The van der Waals surface area contributed by atoms with Crippen LogP contribution in [0.1, 0.15) is 16.8 Å². The number of imidazole rings is 1. The van der Waals surface area contributed by atoms with Crippen molar-refractivity contribution in [1.29, 1.82) is 0 Å². The van der Waals surface area contributed by atoms with Gasteiger partial charge in [0, 0.05) is 5.56 Å². The minimum Gasteiger partial charge on any atom is -0.497 e. The molecule has 5 heteroatoms. The van der Waals surface area contributed by atoms with Gasteiger partial charge >= 0.3 is 0 Å². The van der Waals surface area contributed by atoms with E-state index in [9.17, 15) is 0 Å². The Morgan fingerprint density at radius 1 is 0.812 bits per heavy atom. The molecule has 156 valence electrons. The fourth-order valence-corrected chi connectivity index (χ4v) is 3.59. The highest BCUT2D eigenvalue weighted by Crippen LogP contribution is 2.25. The topological polar surface area (TPSA) is 52.8 Å². The predicted octanol–water partition coefficient (Wildman–Crippen LogP) is 5.72. The molecule has 0 aliphatic carbocycles. The first kappa shape index (κ1) is 19.7. The molecule has 0 bridgehead atoms. The molecule has 2 aromatic heterocycles. The third-order valence-corrected chi connectivity index (χ3v) is 5.27. The first-order valence-electron chi connectivity index (χ1n) is 10.4. The lowest BCUT2D eigenvalue weighted by Gasteiger charge is -2.07. The zero-order chi connectivity index (χ0) is 21.8. The predicted molar refractivity (Wildman–Crippen MR) is 128 cm³/mol. The van der Waals surface area contributed by atoms with Crippen LogP contribution in [0, 0.1) is 0 Å². The van der Waals surface area contributed by atoms with Gasteiger partial charge in [-0.3, -0.25) is 0 Å². The Morgan fingerprint density at radius 3 is 2.25 bits per heavy atom. The molecule has 0 atom stereocenters. The number of benzene rings is 3. The minimum absolute atomic E-state index is 0.655. The maximum atomic E-state index is 5.29. The van der Waals surface area contributed by atoms with E-state index < -0.39 is 0 Å². The summed E-state index contributed by atoms with van der Waals surface area (Å²) in [4.78, 5) is 14.4. The highest BCUT2D eigenvalue weighted by molar-refractivity contribution is 5.86. The Labute approximate surface area is 186 Å². The van der Waals surface area contributed by atoms with E-state index in [1.54, 1.807) is 7.11 Å². The summed E-state index contributed by atoms with van der Waals surface area (Å²) in [5, 5.41) is 0. The molecule has 0 aliphatic heterocycles. The van der Waals surface area contributed by atoms with Crippen LogP contribution in [0.2, 0.25) is 0 Å². The van der Waals surface area contributed by atoms with Crippen LogP contribution in [0.25, 0.3) is 34.7 Å². The molecule has 0 spiro atoms. The maximum Gasteiger partial charge on any atom is 0.164 e. The van der Waals surface area contributed by atoms with Crippen molar-refractivity contribution in [2.45, 2.75) is 6.54 Å². The van der Waals surface area contributed by atoms with E-state index in [0.29, 0.717) is 12.4 Å². The highest BCUT2D eigenvalue weighted by atomic mass is 16.5. The van der Waals surface area contributed by atoms with E-state index in [-0.39, 0.29) is 0 Å². The van der Waals surface area contributed by atoms with Gasteiger partial charge in [-0.25, -0.2) is 15.0 Å². The number of fused-ring (bicyclic) bond motifs is 1. The summed E-state index contributed by atoms with van der Waals surface area (Å²) < 4.78 is 7.36. The van der Waals surface area contributed by atoms with Crippen LogP contribution in [-0.2, 0) is 6.54 Å². The van der Waals surface area contributed by atoms with E-state index in [0.717, 1.165) is 33.7 Å². The zero-order valence-electron chi connectivity index (χ0n) is 17.7. The lowest BCUT2D eigenvalue weighted by molar-refractivity contribution is 0.415. The van der Waals surface area contributed by atoms with Crippen molar-refractivity contribution in [3.63, 3.8) is 0 Å². The summed E-state index contributed by atoms with van der Waals surface area (Å²) in [6.07, 6.45) is 5.89. The van der Waals surface area contributed by atoms with Crippen molar-refractivity contribution in [2.24, 2.45) is 0 Å². The number of hydrogen-bond donors (Lipinski definition) is 0. The standard InChI is InChI=1S/C27H22N4O/c1-32-23-15-13-22(14-16-23)26-29-24(17-12-20-8-4-2-5-9-20)25-27(30-26)31(19-28-25)18-21-10-6-3-7-11-21/h2-17,19H,18H2,1H3/b17-12+. The van der Waals surface area contributed by atoms with Gasteiger partial charge in [-0.15, -0.1) is 0 Å². The van der Waals surface area contributed by atoms with Crippen molar-refractivity contribution >= 4 is 23.3 Å². The SMILES string of the molecule is COc1ccc(-c2nc(/C=C/c3ccccc3)c3ncn(Cc4ccccc4)c3n2)cc1. The smallest absolute Gasteiger partial charge is 0.164 e. The van der Waals surface area contributed by atoms with E-state index >= 15 is 0 Å². The Morgan fingerprint density at radius 2 is 1.53 bits per heavy atom. The summed E-state index contributed by atoms with van der Waals surface area (Å²) in [6.45, 7) is 0.693. The minimum atomic E-state index is 0.655. The second kappa shape index (κ2) is 8.86. The molecule has 32 heavy (non-hydrogen) atoms. The van der Waals surface area contributed by atoms with Crippen LogP contribution in [0.4, 0.5) is 0 Å². The van der Waals surface area contributed by atoms with Gasteiger partial charge in [0.05, 0.1) is 25.7 Å². The molecule has 5 rings (SSSR count). The lowest BCUT2D eigenvalue weighted by Crippen LogP contribution is -2.01. The Kier molecular flexibility index (Phi) is 5.45. The lowest BCUT2D eigenvalue weighted by atomic mass is 10.1. The molecule has 0 fully saturated rings. The van der Waals surface area contributed by atoms with E-state index in [4.69, 9.17) is 14.7 Å². The van der Waals surface area contributed by atoms with Crippen LogP contribution >= 0.6 is 0 Å². The van der Waals surface area contributed by atoms with Gasteiger partial charge in [-0.05, 0) is 41.5 Å². The van der Waals surface area contributed by atoms with Gasteiger partial charge in [0.2, 0.25) is 0 Å². The van der Waals surface area contributed by atoms with Gasteiger partial charge in [0.25, 0.3) is 0 Å². The van der Waals surface area contributed by atoms with Gasteiger partial charge in [0.15, 0.2) is 11.5 Å². The number of nitrogens with zero attached hydrogens (tertiary/aromatic N) is 4. The van der Waals surface area contributed by atoms with Crippen molar-refractivity contribution in [1.82, 2.24) is 19.5 Å². The molecule has 0 radical (unpaired) electrons. The Bertz CT molecular complexity index is 1360. The molecule has 0 amide bonds. The van der Waals surface area contributed by atoms with Crippen molar-refractivity contribution in [3.8, 4) is 17.1 Å². The van der Waals surface area contributed by atoms with Crippen molar-refractivity contribution < 1.29 is 4.74 Å². The first-order valence-corrected chi connectivity index (χ1v) is 10.4. The summed E-state index contributed by atoms with van der Waals surface area (Å²) in [5.41, 5.74) is 5.60. The molecule has 3 aromatic carbocycles. The monoisotopic (exact) mass is 418 g/mol. The Balaban J connectivity index is 1.62. The third kappa shape index (κ3) is 4.14. The van der Waals surface area contributed by atoms with Gasteiger partial charge in [-0.2, -0.15) is 0 Å². The van der Waals surface area contributed by atoms with E-state index in [1.165, 1.54) is 5.56 Å². The average molecular weight is 419 g/mol. The number of methoxy groups -OCH3 is 1. The quantitative estimate of drug-likeness (QED) is 0.354. The van der Waals surface area contributed by atoms with Crippen molar-refractivity contribution in [3.05, 3.63) is 108 Å². The molecular formula is C27H22N4O. The largest absolute Gasteiger partial charge is 0.497 e. The first-order chi connectivity index (χ1) is 15.8. The van der Waals surface area contributed by atoms with E-state index in [1.807, 2.05) is 73.1 Å². The molecular weight excluding hydrogens is 396 g/mol. The summed E-state index contributed by atoms with van der Waals surface area (Å²) in [7, 11) is 1.66. The molecule has 0 N–H and O–H groups in total. The third-order valence-electron chi connectivity index (χ3n) is 5.27. The number of aromatic nitrogens is 4. The van der Waals surface area contributed by atoms with Gasteiger partial charge in [-0.1, -0.05) is 66.7 Å². The summed E-state index contributed by atoms with van der Waals surface area (Å²) in [6, 6.07) is 28.3. The molecule has 2 heterocycles. The van der Waals surface area contributed by atoms with Crippen LogP contribution in [0.3, 0.4) is 0 Å². The molecule has 0 saturated carbocycles. The van der Waals surface area contributed by atoms with Crippen LogP contribution in [-0.4, -0.2) is 26.6 Å². The Hall–Kier alpha value is -4.25. The second-order valence-electron chi connectivity index (χ2n) is 7.44. The van der Waals surface area contributed by atoms with E-state index in [2.05, 4.69) is 39.9 Å². The van der Waals surface area contributed by atoms with Crippen molar-refractivity contribution in [2.75, 3.05) is 7.11 Å². The van der Waals surface area contributed by atoms with Crippen LogP contribution < -0.4 is 4.74 Å². The normalized spacial score (nSPS) is 11.3. The molecule has 5 nitrogen and oxygen atoms in total. The number of hydrogen-bond acceptors (Lipinski definition) is 4. The second-order valence-corrected chi connectivity index (χ2v) is 7.44. The summed E-state index contributed by atoms with van der Waals surface area (Å²) >= 11 is 0. The molecule has 0 aliphatic rings. The maximum absolute atomic E-state index is 5.29. The van der Waals surface area contributed by atoms with Gasteiger partial charge < -0.3 is 9.30 Å². The fourth-order valence-electron chi connectivity index (χ4n) is 3.59. The average Bonchev–Trinajstić information content (AvgIpc) is 3.26. The number of rotatable bonds is 6. The van der Waals surface area contributed by atoms with Crippen LogP contribution in [0.5, 0.6) is 5.75 Å². The summed E-state index contributed by atoms with van der Waals surface area (Å²) in [5.74, 6) is 1.45. The number of ether oxygens (including phenoxy) is 1. The van der Waals surface area contributed by atoms with Gasteiger partial charge in [0.1, 0.15) is 11.3 Å². The zero-order valence-corrected chi connectivity index (χ0v) is 17.7.